The molecule has 3 N–H and O–H groups in total. The van der Waals surface area contributed by atoms with Gasteiger partial charge in [0, 0.05) is 41.5 Å². The minimum Gasteiger partial charge on any atom is -0.461 e. The van der Waals surface area contributed by atoms with E-state index in [1.165, 1.54) is 11.8 Å². The number of thioether (sulfide) groups is 1. The highest BCUT2D eigenvalue weighted by atomic mass is 32.2. The summed E-state index contributed by atoms with van der Waals surface area (Å²) in [6.07, 6.45) is 2.78. The second-order valence-corrected chi connectivity index (χ2v) is 18.1. The number of piperidine rings is 1. The van der Waals surface area contributed by atoms with Crippen molar-refractivity contribution in [1.82, 2.24) is 10.2 Å². The van der Waals surface area contributed by atoms with Crippen LogP contribution in [0.15, 0.2) is 12.7 Å². The van der Waals surface area contributed by atoms with Gasteiger partial charge >= 0.3 is 12.1 Å². The van der Waals surface area contributed by atoms with Crippen LogP contribution in [-0.2, 0) is 23.9 Å². The van der Waals surface area contributed by atoms with E-state index in [4.69, 9.17) is 9.47 Å². The summed E-state index contributed by atoms with van der Waals surface area (Å²) < 4.78 is 11.7. The van der Waals surface area contributed by atoms with E-state index in [0.29, 0.717) is 25.8 Å². The monoisotopic (exact) mass is 692 g/mol. The minimum absolute atomic E-state index is 0.0129. The van der Waals surface area contributed by atoms with Gasteiger partial charge < -0.3 is 29.9 Å². The van der Waals surface area contributed by atoms with Crippen molar-refractivity contribution in [3.8, 4) is 0 Å². The molecule has 10 nitrogen and oxygen atoms in total. The molecule has 2 bridgehead atoms. The topological polar surface area (TPSA) is 142 Å². The van der Waals surface area contributed by atoms with Crippen LogP contribution in [0.5, 0.6) is 0 Å². The number of carbonyl (C=O) groups excluding carboxylic acids is 4. The van der Waals surface area contributed by atoms with E-state index in [2.05, 4.69) is 32.7 Å². The average molecular weight is 693 g/mol. The second kappa shape index (κ2) is 14.3. The maximum atomic E-state index is 13.6. The molecule has 272 valence electrons. The maximum absolute atomic E-state index is 13.6. The van der Waals surface area contributed by atoms with Gasteiger partial charge in [-0.1, -0.05) is 47.6 Å². The van der Waals surface area contributed by atoms with Crippen LogP contribution < -0.4 is 5.32 Å². The summed E-state index contributed by atoms with van der Waals surface area (Å²) in [7, 11) is 0. The first kappa shape index (κ1) is 38.7. The van der Waals surface area contributed by atoms with Gasteiger partial charge in [-0.2, -0.15) is 0 Å². The minimum atomic E-state index is -0.871. The van der Waals surface area contributed by atoms with Crippen molar-refractivity contribution in [2.75, 3.05) is 18.8 Å². The van der Waals surface area contributed by atoms with Gasteiger partial charge in [0.15, 0.2) is 0 Å². The number of ketones is 1. The number of Topliss-reactive ketones (excluding diaryl/α,β-unsaturated/α-hetero) is 1. The molecule has 2 amide bonds. The van der Waals surface area contributed by atoms with Crippen molar-refractivity contribution in [2.24, 2.45) is 39.9 Å². The summed E-state index contributed by atoms with van der Waals surface area (Å²) in [5.74, 6) is -0.908. The number of nitrogens with zero attached hydrogens (tertiary/aromatic N) is 1. The number of nitrogens with one attached hydrogen (secondary N) is 1. The zero-order chi connectivity index (χ0) is 36.0. The number of carbonyl (C=O) groups is 4. The summed E-state index contributed by atoms with van der Waals surface area (Å²) in [6.45, 7) is 21.8. The molecule has 0 aromatic carbocycles. The Bertz CT molecular complexity index is 1250. The van der Waals surface area contributed by atoms with E-state index in [1.807, 2.05) is 20.8 Å². The van der Waals surface area contributed by atoms with E-state index in [9.17, 15) is 29.4 Å². The lowest BCUT2D eigenvalue weighted by Gasteiger charge is -2.61. The van der Waals surface area contributed by atoms with Crippen molar-refractivity contribution >= 4 is 35.5 Å². The Balaban J connectivity index is 1.43. The quantitative estimate of drug-likeness (QED) is 0.233. The Morgan fingerprint density at radius 3 is 2.40 bits per heavy atom. The molecule has 11 atom stereocenters. The molecule has 0 aromatic heterocycles. The van der Waals surface area contributed by atoms with Gasteiger partial charge in [0.25, 0.3) is 0 Å². The molecule has 3 aliphatic carbocycles. The molecule has 7 unspecified atom stereocenters. The predicted molar refractivity (Wildman–Crippen MR) is 186 cm³/mol. The molecular formula is C37H60N2O8S. The first-order valence-electron chi connectivity index (χ1n) is 17.8. The fraction of sp³-hybridized carbons (Fsp3) is 0.838. The molecule has 0 spiro atoms. The fourth-order valence-electron chi connectivity index (χ4n) is 9.32. The van der Waals surface area contributed by atoms with Gasteiger partial charge in [-0.15, -0.1) is 18.3 Å². The maximum Gasteiger partial charge on any atom is 0.408 e. The summed E-state index contributed by atoms with van der Waals surface area (Å²) in [4.78, 5) is 54.7. The van der Waals surface area contributed by atoms with E-state index >= 15 is 0 Å². The van der Waals surface area contributed by atoms with Crippen LogP contribution >= 0.6 is 11.8 Å². The van der Waals surface area contributed by atoms with E-state index in [1.54, 1.807) is 31.7 Å². The second-order valence-electron chi connectivity index (χ2n) is 16.9. The molecule has 1 heterocycles. The summed E-state index contributed by atoms with van der Waals surface area (Å²) in [5, 5.41) is 25.2. The average Bonchev–Trinajstić information content (AvgIpc) is 3.36. The molecule has 11 heteroatoms. The molecule has 48 heavy (non-hydrogen) atoms. The molecule has 4 aliphatic rings. The number of alkyl carbamates (subject to hydrolysis) is 1. The van der Waals surface area contributed by atoms with Crippen LogP contribution in [0.4, 0.5) is 4.79 Å². The third-order valence-corrected chi connectivity index (χ3v) is 13.8. The van der Waals surface area contributed by atoms with Crippen LogP contribution in [0, 0.1) is 39.9 Å². The first-order chi connectivity index (χ1) is 22.2. The van der Waals surface area contributed by atoms with Crippen LogP contribution in [-0.4, -0.2) is 92.9 Å². The van der Waals surface area contributed by atoms with Crippen molar-refractivity contribution in [3.05, 3.63) is 12.7 Å². The van der Waals surface area contributed by atoms with Gasteiger partial charge in [0.2, 0.25) is 5.91 Å². The molecule has 1 saturated heterocycles. The molecule has 1 aliphatic heterocycles. The van der Waals surface area contributed by atoms with E-state index < -0.39 is 52.8 Å². The van der Waals surface area contributed by atoms with Crippen LogP contribution in [0.1, 0.15) is 101 Å². The number of amides is 2. The first-order valence-corrected chi connectivity index (χ1v) is 18.9. The van der Waals surface area contributed by atoms with Gasteiger partial charge in [0.1, 0.15) is 23.5 Å². The standard InChI is InChI=1S/C37H60N2O8S/c1-11-35(9)18-27(36(10)22(4)12-15-37(23(5)31(35)43)16-13-24(40)30(36)37)46-28(42)20-48-26-14-17-39(19-25(26)41)32(44)29(21(2)3)38-33(45)47-34(6,7)8/h11,21-23,25-27,29-31,41,43H,1,12-20H2,2-10H3,(H,38,45)/t22?,23-,25?,26?,27+,29?,30?,31?,35+,36-,37?/m0/s1. The molecule has 0 radical (unpaired) electrons. The number of hydrogen-bond acceptors (Lipinski definition) is 9. The Labute approximate surface area is 291 Å². The number of hydrogen-bond donors (Lipinski definition) is 3. The Morgan fingerprint density at radius 2 is 1.81 bits per heavy atom. The fourth-order valence-corrected chi connectivity index (χ4v) is 10.3. The number of esters is 1. The zero-order valence-corrected chi connectivity index (χ0v) is 31.4. The Morgan fingerprint density at radius 1 is 1.15 bits per heavy atom. The molecule has 0 aromatic rings. The van der Waals surface area contributed by atoms with Crippen molar-refractivity contribution in [1.29, 1.82) is 0 Å². The Hall–Kier alpha value is -2.11. The number of likely N-dealkylation sites (tertiary alicyclic amines) is 1. The van der Waals surface area contributed by atoms with Gasteiger partial charge in [-0.25, -0.2) is 4.79 Å². The lowest BCUT2D eigenvalue weighted by molar-refractivity contribution is -0.205. The summed E-state index contributed by atoms with van der Waals surface area (Å²) in [6, 6.07) is -0.799. The highest BCUT2D eigenvalue weighted by molar-refractivity contribution is 8.00. The Kier molecular flexibility index (Phi) is 11.5. The van der Waals surface area contributed by atoms with Crippen LogP contribution in [0.2, 0.25) is 0 Å². The normalized spacial score (nSPS) is 39.1. The SMILES string of the molecule is C=C[C@]1(C)C[C@@H](OC(=O)CSC2CCN(C(=O)C(NC(=O)OC(C)(C)C)C(C)C)CC2O)[C@]2(C)C(C)CCC3(CCC(=O)C32)[C@@H](C)C1O. The molecule has 4 fully saturated rings. The van der Waals surface area contributed by atoms with E-state index in [0.717, 1.165) is 19.3 Å². The van der Waals surface area contributed by atoms with E-state index in [-0.39, 0.29) is 58.3 Å². The molecule has 4 rings (SSSR count). The number of aliphatic hydroxyl groups excluding tert-OH is 2. The number of ether oxygens (including phenoxy) is 2. The van der Waals surface area contributed by atoms with Gasteiger partial charge in [-0.05, 0) is 76.0 Å². The lowest BCUT2D eigenvalue weighted by atomic mass is 9.44. The highest BCUT2D eigenvalue weighted by Gasteiger charge is 2.68. The number of rotatable bonds is 8. The molecular weight excluding hydrogens is 632 g/mol. The molecule has 3 saturated carbocycles. The lowest BCUT2D eigenvalue weighted by Crippen LogP contribution is -2.63. The number of β-amino-alcohol motifs (C(OH)–C–C–N with tert-alkyl or cyclic N) is 1. The highest BCUT2D eigenvalue weighted by Crippen LogP contribution is 2.68. The van der Waals surface area contributed by atoms with Crippen LogP contribution in [0.25, 0.3) is 0 Å². The van der Waals surface area contributed by atoms with Gasteiger partial charge in [0.05, 0.1) is 18.0 Å². The largest absolute Gasteiger partial charge is 0.461 e. The zero-order valence-electron chi connectivity index (χ0n) is 30.5. The summed E-state index contributed by atoms with van der Waals surface area (Å²) >= 11 is 1.32. The summed E-state index contributed by atoms with van der Waals surface area (Å²) in [5.41, 5.74) is -2.33. The number of aliphatic hydroxyl groups is 2. The third-order valence-electron chi connectivity index (χ3n) is 12.4. The van der Waals surface area contributed by atoms with Crippen LogP contribution in [0.3, 0.4) is 0 Å². The van der Waals surface area contributed by atoms with Crippen molar-refractivity contribution < 1.29 is 38.9 Å². The van der Waals surface area contributed by atoms with Crippen molar-refractivity contribution in [2.45, 2.75) is 136 Å². The van der Waals surface area contributed by atoms with Crippen molar-refractivity contribution in [3.63, 3.8) is 0 Å². The third kappa shape index (κ3) is 7.34. The smallest absolute Gasteiger partial charge is 0.408 e. The predicted octanol–water partition coefficient (Wildman–Crippen LogP) is 5.14. The van der Waals surface area contributed by atoms with Gasteiger partial charge in [-0.3, -0.25) is 14.4 Å².